The number of carbonyl (C=O) groups is 1. The van der Waals surface area contributed by atoms with Crippen molar-refractivity contribution < 1.29 is 4.79 Å². The molecule has 0 fully saturated rings. The minimum Gasteiger partial charge on any atom is -0.332 e. The van der Waals surface area contributed by atoms with Gasteiger partial charge in [-0.3, -0.25) is 4.79 Å². The van der Waals surface area contributed by atoms with Gasteiger partial charge in [0.1, 0.15) is 0 Å². The molecule has 0 saturated carbocycles. The molecule has 0 unspecified atom stereocenters. The molecule has 0 aliphatic rings. The van der Waals surface area contributed by atoms with Crippen LogP contribution in [0, 0.1) is 6.92 Å². The Balaban J connectivity index is 1.99. The highest BCUT2D eigenvalue weighted by Gasteiger charge is 2.03. The van der Waals surface area contributed by atoms with Crippen molar-refractivity contribution in [3.63, 3.8) is 0 Å². The lowest BCUT2D eigenvalue weighted by atomic mass is 10.1. The summed E-state index contributed by atoms with van der Waals surface area (Å²) in [4.78, 5) is 19.4. The molecule has 5 nitrogen and oxygen atoms in total. The quantitative estimate of drug-likeness (QED) is 0.668. The number of Topliss-reactive ketones (excluding diaryl/α,β-unsaturated/α-hetero) is 1. The topological polar surface area (TPSA) is 66.9 Å². The number of aryl methyl sites for hydroxylation is 1. The first-order valence-electron chi connectivity index (χ1n) is 6.03. The van der Waals surface area contributed by atoms with Crippen molar-refractivity contribution in [1.29, 1.82) is 0 Å². The molecule has 102 valence electrons. The Morgan fingerprint density at radius 2 is 1.85 bits per heavy atom. The van der Waals surface area contributed by atoms with Crippen LogP contribution in [0.15, 0.2) is 36.5 Å². The summed E-state index contributed by atoms with van der Waals surface area (Å²) in [5.41, 5.74) is 2.31. The van der Waals surface area contributed by atoms with Crippen LogP contribution in [0.1, 0.15) is 23.0 Å². The zero-order chi connectivity index (χ0) is 14.5. The summed E-state index contributed by atoms with van der Waals surface area (Å²) in [6.45, 7) is 3.41. The molecule has 0 atom stereocenters. The maximum atomic E-state index is 11.2. The van der Waals surface area contributed by atoms with E-state index >= 15 is 0 Å². The molecule has 0 amide bonds. The van der Waals surface area contributed by atoms with Crippen molar-refractivity contribution in [2.75, 3.05) is 10.6 Å². The zero-order valence-electron chi connectivity index (χ0n) is 11.2. The van der Waals surface area contributed by atoms with E-state index in [2.05, 4.69) is 20.6 Å². The molecule has 2 N–H and O–H groups in total. The Hall–Kier alpha value is -2.34. The minimum absolute atomic E-state index is 0.0328. The van der Waals surface area contributed by atoms with Gasteiger partial charge >= 0.3 is 0 Å². The number of hydrogen-bond acceptors (Lipinski definition) is 4. The van der Waals surface area contributed by atoms with Gasteiger partial charge in [0, 0.05) is 23.1 Å². The maximum absolute atomic E-state index is 11.2. The number of nitrogens with zero attached hydrogens (tertiary/aromatic N) is 2. The summed E-state index contributed by atoms with van der Waals surface area (Å²) in [5.74, 6) is 0.480. The van der Waals surface area contributed by atoms with Gasteiger partial charge < -0.3 is 10.6 Å². The summed E-state index contributed by atoms with van der Waals surface area (Å²) in [6, 6.07) is 8.89. The fraction of sp³-hybridized carbons (Fsp3) is 0.143. The molecule has 0 spiro atoms. The van der Waals surface area contributed by atoms with E-state index in [1.165, 1.54) is 6.92 Å². The lowest BCUT2D eigenvalue weighted by Crippen LogP contribution is -2.20. The predicted molar refractivity (Wildman–Crippen MR) is 83.1 cm³/mol. The normalized spacial score (nSPS) is 9.90. The molecule has 0 bridgehead atoms. The predicted octanol–water partition coefficient (Wildman–Crippen LogP) is 2.80. The highest BCUT2D eigenvalue weighted by Crippen LogP contribution is 2.10. The number of anilines is 2. The average Bonchev–Trinajstić information content (AvgIpc) is 2.39. The van der Waals surface area contributed by atoms with Crippen molar-refractivity contribution >= 4 is 34.7 Å². The highest BCUT2D eigenvalue weighted by atomic mass is 32.1. The monoisotopic (exact) mass is 286 g/mol. The maximum Gasteiger partial charge on any atom is 0.229 e. The van der Waals surface area contributed by atoms with Crippen LogP contribution in [-0.2, 0) is 0 Å². The number of hydrogen-bond donors (Lipinski definition) is 2. The number of thiocarbonyl (C=S) groups is 1. The second kappa shape index (κ2) is 6.21. The first-order valence-corrected chi connectivity index (χ1v) is 6.44. The fourth-order valence-electron chi connectivity index (χ4n) is 1.56. The summed E-state index contributed by atoms with van der Waals surface area (Å²) in [6.07, 6.45) is 1.66. The molecular formula is C14H14N4OS. The number of benzene rings is 1. The molecule has 2 aromatic rings. The van der Waals surface area contributed by atoms with Crippen LogP contribution in [0.3, 0.4) is 0 Å². The van der Waals surface area contributed by atoms with Gasteiger partial charge in [0.15, 0.2) is 10.9 Å². The van der Waals surface area contributed by atoms with Crippen LogP contribution in [-0.4, -0.2) is 20.9 Å². The molecule has 0 radical (unpaired) electrons. The van der Waals surface area contributed by atoms with Crippen molar-refractivity contribution in [2.24, 2.45) is 0 Å². The molecule has 1 heterocycles. The van der Waals surface area contributed by atoms with Crippen LogP contribution in [0.5, 0.6) is 0 Å². The molecule has 20 heavy (non-hydrogen) atoms. The van der Waals surface area contributed by atoms with Crippen molar-refractivity contribution in [1.82, 2.24) is 9.97 Å². The SMILES string of the molecule is CC(=O)c1ccc(NC(=S)Nc2nccc(C)n2)cc1. The van der Waals surface area contributed by atoms with Crippen molar-refractivity contribution in [2.45, 2.75) is 13.8 Å². The van der Waals surface area contributed by atoms with E-state index in [1.54, 1.807) is 30.5 Å². The molecular weight excluding hydrogens is 272 g/mol. The lowest BCUT2D eigenvalue weighted by Gasteiger charge is -2.09. The molecule has 1 aromatic carbocycles. The van der Waals surface area contributed by atoms with E-state index in [4.69, 9.17) is 12.2 Å². The first-order chi connectivity index (χ1) is 9.54. The summed E-state index contributed by atoms with van der Waals surface area (Å²) < 4.78 is 0. The Labute approximate surface area is 122 Å². The van der Waals surface area contributed by atoms with E-state index < -0.39 is 0 Å². The van der Waals surface area contributed by atoms with Gasteiger partial charge in [-0.05, 0) is 56.4 Å². The molecule has 1 aromatic heterocycles. The van der Waals surface area contributed by atoms with Crippen LogP contribution >= 0.6 is 12.2 Å². The second-order valence-corrected chi connectivity index (χ2v) is 4.64. The minimum atomic E-state index is 0.0328. The van der Waals surface area contributed by atoms with Crippen LogP contribution < -0.4 is 10.6 Å². The van der Waals surface area contributed by atoms with E-state index in [1.807, 2.05) is 13.0 Å². The van der Waals surface area contributed by atoms with Crippen LogP contribution in [0.4, 0.5) is 11.6 Å². The second-order valence-electron chi connectivity index (χ2n) is 4.23. The smallest absolute Gasteiger partial charge is 0.229 e. The van der Waals surface area contributed by atoms with Crippen LogP contribution in [0.2, 0.25) is 0 Å². The molecule has 6 heteroatoms. The third-order valence-electron chi connectivity index (χ3n) is 2.57. The third kappa shape index (κ3) is 3.83. The third-order valence-corrected chi connectivity index (χ3v) is 2.77. The van der Waals surface area contributed by atoms with Gasteiger partial charge in [-0.15, -0.1) is 0 Å². The number of rotatable bonds is 3. The highest BCUT2D eigenvalue weighted by molar-refractivity contribution is 7.80. The van der Waals surface area contributed by atoms with Gasteiger partial charge in [-0.25, -0.2) is 9.97 Å². The first kappa shape index (κ1) is 14.1. The van der Waals surface area contributed by atoms with E-state index in [0.717, 1.165) is 11.4 Å². The summed E-state index contributed by atoms with van der Waals surface area (Å²) >= 11 is 5.18. The van der Waals surface area contributed by atoms with Gasteiger partial charge in [0.25, 0.3) is 0 Å². The zero-order valence-corrected chi connectivity index (χ0v) is 12.0. The van der Waals surface area contributed by atoms with Gasteiger partial charge in [0.2, 0.25) is 5.95 Å². The lowest BCUT2D eigenvalue weighted by molar-refractivity contribution is 0.101. The molecule has 2 rings (SSSR count). The molecule has 0 aliphatic heterocycles. The Kier molecular flexibility index (Phi) is 4.37. The Morgan fingerprint density at radius 3 is 2.45 bits per heavy atom. The average molecular weight is 286 g/mol. The van der Waals surface area contributed by atoms with Crippen molar-refractivity contribution in [3.8, 4) is 0 Å². The van der Waals surface area contributed by atoms with Crippen molar-refractivity contribution in [3.05, 3.63) is 47.8 Å². The number of aromatic nitrogens is 2. The number of carbonyl (C=O) groups excluding carboxylic acids is 1. The van der Waals surface area contributed by atoms with Crippen LogP contribution in [0.25, 0.3) is 0 Å². The number of ketones is 1. The standard InChI is InChI=1S/C14H14N4OS/c1-9-7-8-15-13(16-9)18-14(20)17-12-5-3-11(4-6-12)10(2)19/h3-8H,1-2H3,(H2,15,16,17,18,20). The van der Waals surface area contributed by atoms with Gasteiger partial charge in [-0.1, -0.05) is 0 Å². The molecule has 0 aliphatic carbocycles. The molecule has 0 saturated heterocycles. The number of nitrogens with one attached hydrogen (secondary N) is 2. The Morgan fingerprint density at radius 1 is 1.15 bits per heavy atom. The van der Waals surface area contributed by atoms with Gasteiger partial charge in [0.05, 0.1) is 0 Å². The van der Waals surface area contributed by atoms with E-state index in [0.29, 0.717) is 16.6 Å². The largest absolute Gasteiger partial charge is 0.332 e. The summed E-state index contributed by atoms with van der Waals surface area (Å²) in [7, 11) is 0. The fourth-order valence-corrected chi connectivity index (χ4v) is 1.77. The summed E-state index contributed by atoms with van der Waals surface area (Å²) in [5, 5.41) is 6.30. The van der Waals surface area contributed by atoms with Gasteiger partial charge in [-0.2, -0.15) is 0 Å². The van der Waals surface area contributed by atoms with E-state index in [-0.39, 0.29) is 5.78 Å². The Bertz CT molecular complexity index is 640. The van der Waals surface area contributed by atoms with E-state index in [9.17, 15) is 4.79 Å².